The van der Waals surface area contributed by atoms with Gasteiger partial charge in [-0.1, -0.05) is 17.7 Å². The summed E-state index contributed by atoms with van der Waals surface area (Å²) in [7, 11) is -4.25. The number of amides is 3. The van der Waals surface area contributed by atoms with Crippen LogP contribution < -0.4 is 16.0 Å². The van der Waals surface area contributed by atoms with Crippen LogP contribution in [0.5, 0.6) is 0 Å². The molecule has 5 atom stereocenters. The Kier molecular flexibility index (Phi) is 8.50. The Balaban J connectivity index is 1.58. The van der Waals surface area contributed by atoms with Crippen molar-refractivity contribution < 1.29 is 36.0 Å². The molecular weight excluding hydrogens is 561 g/mol. The third kappa shape index (κ3) is 6.68. The summed E-state index contributed by atoms with van der Waals surface area (Å²) in [5.74, 6) is -7.20. The summed E-state index contributed by atoms with van der Waals surface area (Å²) in [6.45, 7) is 0.0795. The van der Waals surface area contributed by atoms with Gasteiger partial charge in [-0.3, -0.25) is 14.4 Å². The second-order valence-electron chi connectivity index (χ2n) is 10.3. The van der Waals surface area contributed by atoms with Crippen molar-refractivity contribution in [1.82, 2.24) is 15.5 Å². The Labute approximate surface area is 229 Å². The number of nitrogens with one attached hydrogen (secondary N) is 3. The molecule has 0 spiro atoms. The topological polar surface area (TPSA) is 125 Å². The van der Waals surface area contributed by atoms with Crippen LogP contribution in [0.3, 0.4) is 0 Å². The number of carbonyl (C=O) groups excluding carboxylic acids is 3. The number of fused-ring (bicyclic) bond motifs is 3. The van der Waals surface area contributed by atoms with Gasteiger partial charge in [0, 0.05) is 41.9 Å². The van der Waals surface area contributed by atoms with Gasteiger partial charge in [0.05, 0.1) is 18.5 Å². The highest BCUT2D eigenvalue weighted by atomic mass is 35.5. The number of sulfone groups is 1. The number of nitrogens with zero attached hydrogens (tertiary/aromatic N) is 1. The van der Waals surface area contributed by atoms with Crippen LogP contribution >= 0.6 is 11.6 Å². The van der Waals surface area contributed by atoms with Gasteiger partial charge in [0.25, 0.3) is 5.92 Å². The van der Waals surface area contributed by atoms with Crippen molar-refractivity contribution in [2.75, 3.05) is 24.7 Å². The molecule has 3 saturated heterocycles. The van der Waals surface area contributed by atoms with Crippen LogP contribution in [-0.2, 0) is 24.2 Å². The van der Waals surface area contributed by atoms with Gasteiger partial charge in [0.1, 0.15) is 6.04 Å². The molecule has 0 radical (unpaired) electrons. The van der Waals surface area contributed by atoms with Crippen molar-refractivity contribution in [3.05, 3.63) is 40.5 Å². The number of hydrogen-bond donors (Lipinski definition) is 3. The van der Waals surface area contributed by atoms with E-state index in [1.165, 1.54) is 0 Å². The molecule has 1 aliphatic carbocycles. The Bertz CT molecular complexity index is 1280. The summed E-state index contributed by atoms with van der Waals surface area (Å²) in [6.07, 6.45) is 1.27. The fraction of sp³-hybridized carbons (Fsp3) is 0.560. The van der Waals surface area contributed by atoms with E-state index in [1.54, 1.807) is 24.3 Å². The van der Waals surface area contributed by atoms with Gasteiger partial charge in [0.15, 0.2) is 0 Å². The molecule has 2 bridgehead atoms. The van der Waals surface area contributed by atoms with E-state index in [1.807, 2.05) is 0 Å². The number of piperidine rings is 2. The number of benzene rings is 1. The van der Waals surface area contributed by atoms with E-state index in [9.17, 15) is 36.0 Å². The highest BCUT2D eigenvalue weighted by Crippen LogP contribution is 2.49. The van der Waals surface area contributed by atoms with Crippen molar-refractivity contribution in [1.29, 1.82) is 0 Å². The van der Waals surface area contributed by atoms with E-state index in [2.05, 4.69) is 16.0 Å². The molecule has 214 valence electrons. The summed E-state index contributed by atoms with van der Waals surface area (Å²) in [5.41, 5.74) is 0.528. The van der Waals surface area contributed by atoms with Crippen LogP contribution in [0.25, 0.3) is 0 Å². The molecule has 5 rings (SSSR count). The average molecular weight is 591 g/mol. The minimum Gasteiger partial charge on any atom is -0.376 e. The predicted molar refractivity (Wildman–Crippen MR) is 138 cm³/mol. The lowest BCUT2D eigenvalue weighted by atomic mass is 9.71. The SMILES string of the molecule is CS(=O)(=O)/C(F)=C\[C@H](C[C@@H]1CCNC1=O)NC(=O)[C@H]1[C@H]2CC[C@H](CC2(F)F)N1C(=O)CNc1cccc(Cl)c1. The molecule has 1 saturated carbocycles. The highest BCUT2D eigenvalue weighted by molar-refractivity contribution is 7.94. The highest BCUT2D eigenvalue weighted by Gasteiger charge is 2.60. The Hall–Kier alpha value is -2.80. The molecule has 3 aliphatic heterocycles. The van der Waals surface area contributed by atoms with Gasteiger partial charge in [-0.25, -0.2) is 17.2 Å². The van der Waals surface area contributed by atoms with Crippen LogP contribution in [-0.4, -0.2) is 74.4 Å². The minimum atomic E-state index is -4.25. The van der Waals surface area contributed by atoms with E-state index < -0.39 is 69.1 Å². The fourth-order valence-corrected chi connectivity index (χ4v) is 6.23. The fourth-order valence-electron chi connectivity index (χ4n) is 5.63. The zero-order valence-electron chi connectivity index (χ0n) is 21.1. The number of anilines is 1. The summed E-state index contributed by atoms with van der Waals surface area (Å²) in [6, 6.07) is 2.84. The molecule has 3 amide bonds. The predicted octanol–water partition coefficient (Wildman–Crippen LogP) is 2.63. The number of hydrogen-bond acceptors (Lipinski definition) is 6. The quantitative estimate of drug-likeness (QED) is 0.406. The number of carbonyl (C=O) groups is 3. The molecule has 3 heterocycles. The average Bonchev–Trinajstić information content (AvgIpc) is 3.25. The molecular formula is C25H30ClF3N4O5S. The van der Waals surface area contributed by atoms with Crippen molar-refractivity contribution in [3.63, 3.8) is 0 Å². The van der Waals surface area contributed by atoms with Gasteiger partial charge < -0.3 is 20.9 Å². The van der Waals surface area contributed by atoms with Gasteiger partial charge in [0.2, 0.25) is 32.7 Å². The van der Waals surface area contributed by atoms with Crippen LogP contribution in [0.4, 0.5) is 18.9 Å². The standard InChI is InChI=1S/C25H30ClF3N4O5S/c1-39(37,38)20(27)11-17(9-14-7-8-30-23(14)35)32-24(36)22-19-6-5-18(12-25(19,28)29)33(22)21(34)13-31-16-4-2-3-15(26)10-16/h2-4,10-11,14,17-19,22,31H,5-9,12-13H2,1H3,(H,30,35)(H,32,36)/b20-11-/t14-,17-,18+,19+,22+/m0/s1. The largest absolute Gasteiger partial charge is 0.376 e. The summed E-state index contributed by atoms with van der Waals surface area (Å²) in [5, 5.41) is 6.88. The van der Waals surface area contributed by atoms with Crippen LogP contribution in [0, 0.1) is 11.8 Å². The van der Waals surface area contributed by atoms with E-state index in [0.717, 1.165) is 4.90 Å². The molecule has 9 nitrogen and oxygen atoms in total. The first-order chi connectivity index (χ1) is 18.3. The molecule has 39 heavy (non-hydrogen) atoms. The molecule has 4 aliphatic rings. The Morgan fingerprint density at radius 3 is 2.64 bits per heavy atom. The Morgan fingerprint density at radius 1 is 1.28 bits per heavy atom. The molecule has 14 heteroatoms. The maximum Gasteiger partial charge on any atom is 0.255 e. The maximum atomic E-state index is 15.0. The molecule has 0 aromatic heterocycles. The van der Waals surface area contributed by atoms with Crippen LogP contribution in [0.2, 0.25) is 5.02 Å². The van der Waals surface area contributed by atoms with Gasteiger partial charge in [-0.15, -0.1) is 0 Å². The zero-order chi connectivity index (χ0) is 28.5. The molecule has 0 unspecified atom stereocenters. The first-order valence-electron chi connectivity index (χ1n) is 12.6. The van der Waals surface area contributed by atoms with E-state index in [0.29, 0.717) is 42.4 Å². The first kappa shape index (κ1) is 29.2. The van der Waals surface area contributed by atoms with E-state index >= 15 is 0 Å². The van der Waals surface area contributed by atoms with E-state index in [-0.39, 0.29) is 25.3 Å². The lowest BCUT2D eigenvalue weighted by Gasteiger charge is -2.53. The van der Waals surface area contributed by atoms with Crippen molar-refractivity contribution in [3.8, 4) is 0 Å². The summed E-state index contributed by atoms with van der Waals surface area (Å²) in [4.78, 5) is 40.1. The molecule has 3 N–H and O–H groups in total. The van der Waals surface area contributed by atoms with E-state index in [4.69, 9.17) is 11.6 Å². The number of rotatable bonds is 9. The smallest absolute Gasteiger partial charge is 0.255 e. The second kappa shape index (κ2) is 11.4. The third-order valence-electron chi connectivity index (χ3n) is 7.48. The first-order valence-corrected chi connectivity index (χ1v) is 14.9. The zero-order valence-corrected chi connectivity index (χ0v) is 22.7. The van der Waals surface area contributed by atoms with Crippen LogP contribution in [0.15, 0.2) is 35.5 Å². The van der Waals surface area contributed by atoms with Crippen LogP contribution in [0.1, 0.15) is 32.1 Å². The minimum absolute atomic E-state index is 0.00446. The van der Waals surface area contributed by atoms with Crippen molar-refractivity contribution in [2.24, 2.45) is 11.8 Å². The van der Waals surface area contributed by atoms with Gasteiger partial charge in [-0.2, -0.15) is 4.39 Å². The summed E-state index contributed by atoms with van der Waals surface area (Å²) >= 11 is 5.97. The maximum absolute atomic E-state index is 15.0. The monoisotopic (exact) mass is 590 g/mol. The van der Waals surface area contributed by atoms with Crippen molar-refractivity contribution in [2.45, 2.75) is 56.2 Å². The van der Waals surface area contributed by atoms with Crippen molar-refractivity contribution >= 4 is 44.8 Å². The second-order valence-corrected chi connectivity index (χ2v) is 12.7. The summed E-state index contributed by atoms with van der Waals surface area (Å²) < 4.78 is 67.7. The third-order valence-corrected chi connectivity index (χ3v) is 8.56. The molecule has 4 fully saturated rings. The molecule has 1 aromatic carbocycles. The number of halogens is 4. The number of alkyl halides is 2. The Morgan fingerprint density at radius 2 is 2.03 bits per heavy atom. The lowest BCUT2D eigenvalue weighted by molar-refractivity contribution is -0.193. The normalized spacial score (nSPS) is 27.2. The molecule has 1 aromatic rings. The lowest BCUT2D eigenvalue weighted by Crippen LogP contribution is -2.69. The van der Waals surface area contributed by atoms with Gasteiger partial charge >= 0.3 is 0 Å². The van der Waals surface area contributed by atoms with Gasteiger partial charge in [-0.05, 0) is 50.0 Å².